The van der Waals surface area contributed by atoms with Crippen molar-refractivity contribution < 1.29 is 5.11 Å². The summed E-state index contributed by atoms with van der Waals surface area (Å²) in [6.45, 7) is 0. The van der Waals surface area contributed by atoms with E-state index in [1.807, 2.05) is 74.8 Å². The van der Waals surface area contributed by atoms with E-state index in [-0.39, 0.29) is 5.75 Å². The van der Waals surface area contributed by atoms with Gasteiger partial charge in [-0.2, -0.15) is 0 Å². The molecule has 3 rings (SSSR count). The molecule has 0 amide bonds. The van der Waals surface area contributed by atoms with Crippen molar-refractivity contribution >= 4 is 22.7 Å². The van der Waals surface area contributed by atoms with Crippen LogP contribution >= 0.6 is 0 Å². The number of aromatic hydroxyl groups is 1. The van der Waals surface area contributed by atoms with E-state index in [1.165, 1.54) is 0 Å². The van der Waals surface area contributed by atoms with Crippen molar-refractivity contribution in [1.29, 1.82) is 0 Å². The summed E-state index contributed by atoms with van der Waals surface area (Å²) in [4.78, 5) is 4.12. The molecular formula is C20H20N2O. The standard InChI is InChI=1S/C20H20N2O/c1-21(16-9-5-3-6-10-16)18-13-19(15-20(23)14-18)22(2)17-11-7-4-8-12-17/h3-15,23H,1-2H3. The van der Waals surface area contributed by atoms with Gasteiger partial charge in [-0.05, 0) is 30.3 Å². The van der Waals surface area contributed by atoms with Crippen LogP contribution in [0.1, 0.15) is 0 Å². The highest BCUT2D eigenvalue weighted by atomic mass is 16.3. The Balaban J connectivity index is 1.96. The van der Waals surface area contributed by atoms with E-state index < -0.39 is 0 Å². The van der Waals surface area contributed by atoms with E-state index in [0.29, 0.717) is 0 Å². The second-order valence-electron chi connectivity index (χ2n) is 5.50. The summed E-state index contributed by atoms with van der Waals surface area (Å²) in [6, 6.07) is 25.8. The predicted octanol–water partition coefficient (Wildman–Crippen LogP) is 4.93. The molecule has 3 aromatic carbocycles. The van der Waals surface area contributed by atoms with E-state index in [1.54, 1.807) is 12.1 Å². The Morgan fingerprint density at radius 1 is 0.565 bits per heavy atom. The van der Waals surface area contributed by atoms with Crippen LogP contribution in [-0.4, -0.2) is 19.2 Å². The molecule has 0 spiro atoms. The van der Waals surface area contributed by atoms with Gasteiger partial charge in [-0.15, -0.1) is 0 Å². The zero-order chi connectivity index (χ0) is 16.2. The van der Waals surface area contributed by atoms with Gasteiger partial charge in [0.25, 0.3) is 0 Å². The SMILES string of the molecule is CN(c1ccccc1)c1cc(O)cc(N(C)c2ccccc2)c1. The number of anilines is 4. The smallest absolute Gasteiger partial charge is 0.119 e. The fraction of sp³-hybridized carbons (Fsp3) is 0.100. The minimum Gasteiger partial charge on any atom is -0.508 e. The third-order valence-corrected chi connectivity index (χ3v) is 3.95. The fourth-order valence-electron chi connectivity index (χ4n) is 2.57. The third-order valence-electron chi connectivity index (χ3n) is 3.95. The van der Waals surface area contributed by atoms with E-state index in [4.69, 9.17) is 0 Å². The molecular weight excluding hydrogens is 284 g/mol. The minimum absolute atomic E-state index is 0.253. The van der Waals surface area contributed by atoms with E-state index in [0.717, 1.165) is 22.7 Å². The first-order valence-electron chi connectivity index (χ1n) is 7.57. The van der Waals surface area contributed by atoms with Crippen LogP contribution in [0.2, 0.25) is 0 Å². The molecule has 0 radical (unpaired) electrons. The lowest BCUT2D eigenvalue weighted by Crippen LogP contribution is -2.12. The van der Waals surface area contributed by atoms with Gasteiger partial charge in [-0.1, -0.05) is 36.4 Å². The van der Waals surface area contributed by atoms with Gasteiger partial charge >= 0.3 is 0 Å². The van der Waals surface area contributed by atoms with Gasteiger partial charge in [-0.25, -0.2) is 0 Å². The van der Waals surface area contributed by atoms with Crippen molar-refractivity contribution in [3.63, 3.8) is 0 Å². The zero-order valence-corrected chi connectivity index (χ0v) is 13.3. The quantitative estimate of drug-likeness (QED) is 0.740. The predicted molar refractivity (Wildman–Crippen MR) is 97.1 cm³/mol. The highest BCUT2D eigenvalue weighted by molar-refractivity contribution is 5.72. The van der Waals surface area contributed by atoms with Crippen LogP contribution < -0.4 is 9.80 Å². The lowest BCUT2D eigenvalue weighted by molar-refractivity contribution is 0.475. The molecule has 0 aliphatic heterocycles. The number of hydrogen-bond donors (Lipinski definition) is 1. The first kappa shape index (κ1) is 15.0. The van der Waals surface area contributed by atoms with Crippen molar-refractivity contribution in [2.75, 3.05) is 23.9 Å². The van der Waals surface area contributed by atoms with Crippen molar-refractivity contribution in [2.24, 2.45) is 0 Å². The fourth-order valence-corrected chi connectivity index (χ4v) is 2.57. The average molecular weight is 304 g/mol. The molecule has 0 aromatic heterocycles. The summed E-state index contributed by atoms with van der Waals surface area (Å²) < 4.78 is 0. The maximum absolute atomic E-state index is 10.1. The normalized spacial score (nSPS) is 10.3. The summed E-state index contributed by atoms with van der Waals surface area (Å²) in [5.41, 5.74) is 4.03. The second kappa shape index (κ2) is 6.44. The van der Waals surface area contributed by atoms with Crippen molar-refractivity contribution in [1.82, 2.24) is 0 Å². The zero-order valence-electron chi connectivity index (χ0n) is 13.3. The molecule has 0 atom stereocenters. The summed E-state index contributed by atoms with van der Waals surface area (Å²) in [7, 11) is 3.99. The van der Waals surface area contributed by atoms with Crippen molar-refractivity contribution in [3.05, 3.63) is 78.9 Å². The molecule has 1 N–H and O–H groups in total. The van der Waals surface area contributed by atoms with E-state index in [2.05, 4.69) is 15.9 Å². The number of phenolic OH excluding ortho intramolecular Hbond substituents is 1. The Hall–Kier alpha value is -2.94. The molecule has 0 bridgehead atoms. The maximum Gasteiger partial charge on any atom is 0.119 e. The monoisotopic (exact) mass is 304 g/mol. The van der Waals surface area contributed by atoms with Gasteiger partial charge in [0.2, 0.25) is 0 Å². The molecule has 3 heteroatoms. The molecule has 3 nitrogen and oxygen atoms in total. The molecule has 0 aliphatic carbocycles. The van der Waals surface area contributed by atoms with E-state index in [9.17, 15) is 5.11 Å². The summed E-state index contributed by atoms with van der Waals surface area (Å²) >= 11 is 0. The van der Waals surface area contributed by atoms with Gasteiger partial charge in [0.15, 0.2) is 0 Å². The highest BCUT2D eigenvalue weighted by Gasteiger charge is 2.10. The Morgan fingerprint density at radius 2 is 0.957 bits per heavy atom. The number of rotatable bonds is 4. The molecule has 0 unspecified atom stereocenters. The molecule has 0 fully saturated rings. The van der Waals surface area contributed by atoms with Crippen LogP contribution in [-0.2, 0) is 0 Å². The number of benzene rings is 3. The van der Waals surface area contributed by atoms with Gasteiger partial charge in [0.05, 0.1) is 0 Å². The highest BCUT2D eigenvalue weighted by Crippen LogP contribution is 2.33. The van der Waals surface area contributed by atoms with Gasteiger partial charge < -0.3 is 14.9 Å². The molecule has 0 saturated heterocycles. The van der Waals surface area contributed by atoms with Crippen LogP contribution in [0.15, 0.2) is 78.9 Å². The molecule has 0 aliphatic rings. The van der Waals surface area contributed by atoms with Gasteiger partial charge in [-0.3, -0.25) is 0 Å². The van der Waals surface area contributed by atoms with Crippen molar-refractivity contribution in [2.45, 2.75) is 0 Å². The molecule has 0 saturated carbocycles. The summed E-state index contributed by atoms with van der Waals surface area (Å²) in [5.74, 6) is 0.253. The molecule has 23 heavy (non-hydrogen) atoms. The first-order chi connectivity index (χ1) is 11.1. The van der Waals surface area contributed by atoms with E-state index >= 15 is 0 Å². The van der Waals surface area contributed by atoms with Crippen LogP contribution in [0, 0.1) is 0 Å². The Bertz CT molecular complexity index is 708. The van der Waals surface area contributed by atoms with Gasteiger partial charge in [0, 0.05) is 49.0 Å². The maximum atomic E-state index is 10.1. The summed E-state index contributed by atoms with van der Waals surface area (Å²) in [5, 5.41) is 10.1. The molecule has 0 heterocycles. The minimum atomic E-state index is 0.253. The Labute approximate surface area is 137 Å². The topological polar surface area (TPSA) is 26.7 Å². The van der Waals surface area contributed by atoms with Gasteiger partial charge in [0.1, 0.15) is 5.75 Å². The largest absolute Gasteiger partial charge is 0.508 e. The van der Waals surface area contributed by atoms with Crippen LogP contribution in [0.4, 0.5) is 22.7 Å². The number of nitrogens with zero attached hydrogens (tertiary/aromatic N) is 2. The van der Waals surface area contributed by atoms with Crippen molar-refractivity contribution in [3.8, 4) is 5.75 Å². The number of phenols is 1. The summed E-state index contributed by atoms with van der Waals surface area (Å²) in [6.07, 6.45) is 0. The molecule has 3 aromatic rings. The lowest BCUT2D eigenvalue weighted by atomic mass is 10.2. The number of hydrogen-bond acceptors (Lipinski definition) is 3. The molecule has 116 valence electrons. The lowest BCUT2D eigenvalue weighted by Gasteiger charge is -2.24. The number of para-hydroxylation sites is 2. The first-order valence-corrected chi connectivity index (χ1v) is 7.57. The third kappa shape index (κ3) is 3.29. The average Bonchev–Trinajstić information content (AvgIpc) is 2.61. The van der Waals surface area contributed by atoms with Crippen LogP contribution in [0.3, 0.4) is 0 Å². The Morgan fingerprint density at radius 3 is 1.35 bits per heavy atom. The Kier molecular flexibility index (Phi) is 4.20. The van der Waals surface area contributed by atoms with Crippen LogP contribution in [0.25, 0.3) is 0 Å². The van der Waals surface area contributed by atoms with Crippen LogP contribution in [0.5, 0.6) is 5.75 Å². The second-order valence-corrected chi connectivity index (χ2v) is 5.50.